The monoisotopic (exact) mass is 754 g/mol. The predicted octanol–water partition coefficient (Wildman–Crippen LogP) is 10.7. The van der Waals surface area contributed by atoms with Crippen LogP contribution >= 0.6 is 23.2 Å². The van der Waals surface area contributed by atoms with Crippen molar-refractivity contribution < 1.29 is 0 Å². The minimum Gasteiger partial charge on any atom is -0.254 e. The third-order valence-electron chi connectivity index (χ3n) is 13.7. The van der Waals surface area contributed by atoms with Crippen molar-refractivity contribution in [2.75, 3.05) is 14.1 Å². The zero-order chi connectivity index (χ0) is 34.3. The van der Waals surface area contributed by atoms with Crippen LogP contribution in [-0.2, 0) is 0 Å². The summed E-state index contributed by atoms with van der Waals surface area (Å²) in [5.74, 6) is 0. The number of hydrogen-bond acceptors (Lipinski definition) is 9. The Labute approximate surface area is 309 Å². The summed E-state index contributed by atoms with van der Waals surface area (Å²) in [6.07, 6.45) is 40.2. The predicted molar refractivity (Wildman–Crippen MR) is 219 cm³/mol. The van der Waals surface area contributed by atoms with Gasteiger partial charge in [0.05, 0.1) is 0 Å². The quantitative estimate of drug-likeness (QED) is 0.110. The molecule has 7 aliphatic rings. The number of rotatable bonds is 12. The van der Waals surface area contributed by atoms with Crippen LogP contribution in [0.3, 0.4) is 0 Å². The minimum atomic E-state index is -2.40. The van der Waals surface area contributed by atoms with E-state index >= 15 is 0 Å². The smallest absolute Gasteiger partial charge is 0.254 e. The van der Waals surface area contributed by atoms with Crippen LogP contribution in [-0.4, -0.2) is 59.2 Å². The van der Waals surface area contributed by atoms with Crippen LogP contribution < -0.4 is 30.5 Å². The highest BCUT2D eigenvalue weighted by Crippen LogP contribution is 2.85. The lowest BCUT2D eigenvalue weighted by Gasteiger charge is -2.58. The molecule has 6 N–H and O–H groups in total. The van der Waals surface area contributed by atoms with E-state index in [1.54, 1.807) is 0 Å². The molecule has 12 heteroatoms. The molecule has 1 aliphatic heterocycles. The van der Waals surface area contributed by atoms with Gasteiger partial charge in [-0.3, -0.25) is 20.3 Å². The lowest BCUT2D eigenvalue weighted by molar-refractivity contribution is 0.371. The molecule has 0 saturated heterocycles. The Kier molecular flexibility index (Phi) is 14.5. The number of nitrogens with one attached hydrogen (secondary N) is 6. The second-order valence-electron chi connectivity index (χ2n) is 17.7. The molecule has 1 radical (unpaired) electrons. The average Bonchev–Trinajstić information content (AvgIpc) is 3.16. The molecule has 0 aromatic rings. The van der Waals surface area contributed by atoms with Gasteiger partial charge in [-0.2, -0.15) is 4.52 Å². The zero-order valence-electron chi connectivity index (χ0n) is 32.4. The van der Waals surface area contributed by atoms with Crippen LogP contribution in [0.4, 0.5) is 0 Å². The number of nitrogens with zero attached hydrogens (tertiary/aromatic N) is 3. The maximum absolute atomic E-state index is 6.54. The third-order valence-corrected chi connectivity index (χ3v) is 26.6. The Hall–Kier alpha value is 0.770. The molecule has 9 nitrogen and oxygen atoms in total. The van der Waals surface area contributed by atoms with Crippen LogP contribution in [0.5, 0.6) is 0 Å². The van der Waals surface area contributed by atoms with Crippen molar-refractivity contribution in [1.82, 2.24) is 39.4 Å². The first kappa shape index (κ1) is 39.0. The second kappa shape index (κ2) is 18.6. The van der Waals surface area contributed by atoms with E-state index in [1.807, 2.05) is 0 Å². The molecule has 6 fully saturated rings. The van der Waals surface area contributed by atoms with Crippen LogP contribution in [0.1, 0.15) is 193 Å². The summed E-state index contributed by atoms with van der Waals surface area (Å²) in [6.45, 7) is 0. The lowest BCUT2D eigenvalue weighted by Crippen LogP contribution is -2.60. The van der Waals surface area contributed by atoms with E-state index in [0.717, 1.165) is 0 Å². The average molecular weight is 754 g/mol. The van der Waals surface area contributed by atoms with Gasteiger partial charge in [0.25, 0.3) is 0 Å². The van der Waals surface area contributed by atoms with Crippen molar-refractivity contribution in [3.05, 3.63) is 0 Å². The first-order valence-corrected chi connectivity index (χ1v) is 27.2. The molecular formula is C38H78N9P3+. The minimum absolute atomic E-state index is 0.542. The highest BCUT2D eigenvalue weighted by atomic mass is 31.3. The summed E-state index contributed by atoms with van der Waals surface area (Å²) >= 11 is 0. The van der Waals surface area contributed by atoms with Crippen molar-refractivity contribution in [2.45, 2.75) is 229 Å². The summed E-state index contributed by atoms with van der Waals surface area (Å²) in [5, 5.41) is 27.6. The normalized spacial score (nSPS) is 30.7. The number of hydrogen-bond donors (Lipinski definition) is 6. The van der Waals surface area contributed by atoms with Crippen molar-refractivity contribution in [3.8, 4) is 0 Å². The van der Waals surface area contributed by atoms with Gasteiger partial charge < -0.3 is 0 Å². The van der Waals surface area contributed by atoms with E-state index < -0.39 is 23.2 Å². The molecule has 7 rings (SSSR count). The molecule has 0 amide bonds. The van der Waals surface area contributed by atoms with Crippen LogP contribution in [0.2, 0.25) is 0 Å². The molecule has 50 heavy (non-hydrogen) atoms. The summed E-state index contributed by atoms with van der Waals surface area (Å²) in [5.41, 5.74) is 0. The molecule has 0 unspecified atom stereocenters. The van der Waals surface area contributed by atoms with Gasteiger partial charge >= 0.3 is 7.87 Å². The molecule has 1 heterocycles. The fourth-order valence-corrected chi connectivity index (χ4v) is 26.2. The van der Waals surface area contributed by atoms with Crippen LogP contribution in [0, 0.1) is 0 Å². The van der Waals surface area contributed by atoms with Crippen LogP contribution in [0.15, 0.2) is 4.52 Å². The van der Waals surface area contributed by atoms with E-state index in [4.69, 9.17) is 4.52 Å². The van der Waals surface area contributed by atoms with Crippen molar-refractivity contribution in [2.24, 2.45) is 4.52 Å². The highest BCUT2D eigenvalue weighted by Gasteiger charge is 2.67. The van der Waals surface area contributed by atoms with Crippen molar-refractivity contribution in [3.63, 3.8) is 0 Å². The van der Waals surface area contributed by atoms with E-state index in [2.05, 4.69) is 53.5 Å². The molecule has 0 aromatic heterocycles. The summed E-state index contributed by atoms with van der Waals surface area (Å²) in [6, 6.07) is 3.30. The highest BCUT2D eigenvalue weighted by molar-refractivity contribution is 7.92. The van der Waals surface area contributed by atoms with E-state index in [0.29, 0.717) is 36.3 Å². The zero-order valence-corrected chi connectivity index (χ0v) is 35.0. The molecule has 0 atom stereocenters. The van der Waals surface area contributed by atoms with Gasteiger partial charge in [0.15, 0.2) is 0 Å². The van der Waals surface area contributed by atoms with Crippen molar-refractivity contribution >= 4 is 23.2 Å². The Bertz CT molecular complexity index is 1010. The summed E-state index contributed by atoms with van der Waals surface area (Å²) in [4.78, 5) is 0. The Morgan fingerprint density at radius 1 is 0.380 bits per heavy atom. The van der Waals surface area contributed by atoms with E-state index in [9.17, 15) is 0 Å². The largest absolute Gasteiger partial charge is 0.317 e. The van der Waals surface area contributed by atoms with Gasteiger partial charge in [0, 0.05) is 50.3 Å². The summed E-state index contributed by atoms with van der Waals surface area (Å²) < 4.78 is 12.3. The van der Waals surface area contributed by atoms with Crippen molar-refractivity contribution in [1.29, 1.82) is 0 Å². The first-order valence-electron chi connectivity index (χ1n) is 22.1. The molecule has 0 spiro atoms. The maximum Gasteiger partial charge on any atom is 0.317 e. The van der Waals surface area contributed by atoms with Gasteiger partial charge in [-0.1, -0.05) is 124 Å². The molecular weight excluding hydrogens is 675 g/mol. The molecule has 0 aromatic carbocycles. The fourth-order valence-electron chi connectivity index (χ4n) is 10.7. The molecule has 289 valence electrons. The second-order valence-corrected chi connectivity index (χ2v) is 26.6. The summed E-state index contributed by atoms with van der Waals surface area (Å²) in [7, 11) is -2.07. The Balaban J connectivity index is 1.39. The van der Waals surface area contributed by atoms with Gasteiger partial charge in [-0.25, -0.2) is 0 Å². The molecule has 6 aliphatic carbocycles. The first-order chi connectivity index (χ1) is 24.5. The Morgan fingerprint density at radius 2 is 0.660 bits per heavy atom. The van der Waals surface area contributed by atoms with E-state index in [-0.39, 0.29) is 0 Å². The maximum atomic E-state index is 6.54. The SMILES string of the molecule is CN1[P](NC2CCCCC2)(NC2CCCCC2)N=P(NC2CCCCC2)(NC2CCCCC2)N(C)[P+]1(NC1CCCCC1)NC1CCCCC1. The van der Waals surface area contributed by atoms with E-state index in [1.165, 1.54) is 193 Å². The topological polar surface area (TPSA) is 91.0 Å². The van der Waals surface area contributed by atoms with Gasteiger partial charge in [0.1, 0.15) is 0 Å². The third kappa shape index (κ3) is 9.41. The molecule has 6 saturated carbocycles. The Morgan fingerprint density at radius 3 is 0.980 bits per heavy atom. The fraction of sp³-hybridized carbons (Fsp3) is 1.00. The van der Waals surface area contributed by atoms with Crippen LogP contribution in [0.25, 0.3) is 0 Å². The lowest BCUT2D eigenvalue weighted by atomic mass is 9.96. The van der Waals surface area contributed by atoms with Gasteiger partial charge in [-0.15, -0.1) is 10.2 Å². The molecule has 0 bridgehead atoms. The van der Waals surface area contributed by atoms with Gasteiger partial charge in [0.2, 0.25) is 15.4 Å². The standard InChI is InChI=1S/C38H78N9P3/c1-46-48(39-33-21-9-3-10-22-33,40-34-23-11-4-12-24-34)45-49(41-35-25-13-5-14-26-35,42-36-27-15-6-16-28-36)47(2)50(46,43-37-29-17-7-18-30-37)44-38-31-19-8-20-32-38/h33-44H,3-32H2,1-2H3/q+1. The van der Waals surface area contributed by atoms with Gasteiger partial charge in [-0.05, 0) is 77.0 Å².